The van der Waals surface area contributed by atoms with Crippen molar-refractivity contribution in [2.75, 3.05) is 53.0 Å². The summed E-state index contributed by atoms with van der Waals surface area (Å²) in [6.07, 6.45) is 0.858. The highest BCUT2D eigenvalue weighted by molar-refractivity contribution is 7.89. The van der Waals surface area contributed by atoms with Crippen LogP contribution in [0.1, 0.15) is 19.8 Å². The number of hydrogen-bond acceptors (Lipinski definition) is 6. The van der Waals surface area contributed by atoms with Gasteiger partial charge in [-0.25, -0.2) is 13.2 Å². The second kappa shape index (κ2) is 10.1. The molecule has 0 spiro atoms. The summed E-state index contributed by atoms with van der Waals surface area (Å²) in [6.45, 7) is 4.18. The molecule has 1 aromatic rings. The van der Waals surface area contributed by atoms with Crippen LogP contribution in [0.15, 0.2) is 23.1 Å². The molecular formula is C20H28ClN3O6S. The molecule has 1 aromatic carbocycles. The molecule has 2 amide bonds. The zero-order chi connectivity index (χ0) is 22.6. The number of amides is 2. The molecular weight excluding hydrogens is 446 g/mol. The number of sulfonamides is 1. The monoisotopic (exact) mass is 473 g/mol. The predicted octanol–water partition coefficient (Wildman–Crippen LogP) is 2.05. The molecule has 11 heteroatoms. The molecule has 2 heterocycles. The summed E-state index contributed by atoms with van der Waals surface area (Å²) in [7, 11) is -2.32. The van der Waals surface area contributed by atoms with Crippen molar-refractivity contribution in [3.05, 3.63) is 23.2 Å². The lowest BCUT2D eigenvalue weighted by Crippen LogP contribution is -2.54. The van der Waals surface area contributed by atoms with Crippen LogP contribution in [0.25, 0.3) is 0 Å². The molecule has 2 fully saturated rings. The molecule has 0 N–H and O–H groups in total. The fraction of sp³-hybridized carbons (Fsp3) is 0.600. The fourth-order valence-corrected chi connectivity index (χ4v) is 5.77. The molecule has 3 rings (SSSR count). The first-order valence-electron chi connectivity index (χ1n) is 10.3. The van der Waals surface area contributed by atoms with Crippen LogP contribution >= 0.6 is 11.6 Å². The van der Waals surface area contributed by atoms with E-state index in [0.717, 1.165) is 0 Å². The van der Waals surface area contributed by atoms with E-state index in [0.29, 0.717) is 57.9 Å². The number of piperidine rings is 1. The SMILES string of the molecule is CCOC(=O)N1CCN(C(=O)[C@H]2CCCN(S(=O)(=O)c3ccc(OC)c(Cl)c3)C2)CC1. The van der Waals surface area contributed by atoms with Crippen molar-refractivity contribution in [2.45, 2.75) is 24.7 Å². The van der Waals surface area contributed by atoms with Gasteiger partial charge in [0.05, 0.1) is 29.6 Å². The van der Waals surface area contributed by atoms with Gasteiger partial charge in [-0.1, -0.05) is 11.6 Å². The van der Waals surface area contributed by atoms with Crippen LogP contribution in [0.2, 0.25) is 5.02 Å². The van der Waals surface area contributed by atoms with Gasteiger partial charge in [-0.2, -0.15) is 4.31 Å². The lowest BCUT2D eigenvalue weighted by atomic mass is 9.98. The van der Waals surface area contributed by atoms with E-state index in [1.807, 2.05) is 0 Å². The number of halogens is 1. The van der Waals surface area contributed by atoms with Gasteiger partial charge >= 0.3 is 6.09 Å². The molecule has 172 valence electrons. The van der Waals surface area contributed by atoms with Gasteiger partial charge in [0.2, 0.25) is 15.9 Å². The second-order valence-corrected chi connectivity index (χ2v) is 9.85. The van der Waals surface area contributed by atoms with Crippen molar-refractivity contribution < 1.29 is 27.5 Å². The first-order chi connectivity index (χ1) is 14.8. The van der Waals surface area contributed by atoms with Gasteiger partial charge in [0.1, 0.15) is 5.75 Å². The number of hydrogen-bond donors (Lipinski definition) is 0. The Morgan fingerprint density at radius 1 is 1.13 bits per heavy atom. The maximum absolute atomic E-state index is 13.1. The van der Waals surface area contributed by atoms with Crippen LogP contribution in [0.5, 0.6) is 5.75 Å². The first kappa shape index (κ1) is 23.6. The minimum atomic E-state index is -3.78. The fourth-order valence-electron chi connectivity index (χ4n) is 3.90. The molecule has 0 aromatic heterocycles. The Morgan fingerprint density at radius 3 is 2.42 bits per heavy atom. The van der Waals surface area contributed by atoms with Gasteiger partial charge in [0.15, 0.2) is 0 Å². The van der Waals surface area contributed by atoms with Gasteiger partial charge in [0, 0.05) is 39.3 Å². The third-order valence-corrected chi connectivity index (χ3v) is 7.77. The number of ether oxygens (including phenoxy) is 2. The quantitative estimate of drug-likeness (QED) is 0.649. The summed E-state index contributed by atoms with van der Waals surface area (Å²) in [6, 6.07) is 4.35. The van der Waals surface area contributed by atoms with E-state index in [-0.39, 0.29) is 28.5 Å². The maximum atomic E-state index is 13.1. The summed E-state index contributed by atoms with van der Waals surface area (Å²) in [5, 5.41) is 0.215. The zero-order valence-electron chi connectivity index (χ0n) is 17.8. The molecule has 2 saturated heterocycles. The molecule has 31 heavy (non-hydrogen) atoms. The van der Waals surface area contributed by atoms with Crippen molar-refractivity contribution in [1.82, 2.24) is 14.1 Å². The number of benzene rings is 1. The number of carbonyl (C=O) groups excluding carboxylic acids is 2. The molecule has 0 aliphatic carbocycles. The Kier molecular flexibility index (Phi) is 7.66. The third kappa shape index (κ3) is 5.24. The lowest BCUT2D eigenvalue weighted by molar-refractivity contribution is -0.138. The summed E-state index contributed by atoms with van der Waals surface area (Å²) in [4.78, 5) is 28.2. The standard InChI is InChI=1S/C20H28ClN3O6S/c1-3-30-20(26)23-11-9-22(10-12-23)19(25)15-5-4-8-24(14-15)31(27,28)16-6-7-18(29-2)17(21)13-16/h6-7,13,15H,3-5,8-12,14H2,1-2H3/t15-/m0/s1. The highest BCUT2D eigenvalue weighted by atomic mass is 35.5. The van der Waals surface area contributed by atoms with Crippen LogP contribution in [-0.4, -0.2) is 87.5 Å². The molecule has 0 radical (unpaired) electrons. The van der Waals surface area contributed by atoms with Crippen LogP contribution < -0.4 is 4.74 Å². The molecule has 0 unspecified atom stereocenters. The van der Waals surface area contributed by atoms with Gasteiger partial charge in [-0.05, 0) is 38.0 Å². The van der Waals surface area contributed by atoms with Crippen LogP contribution in [-0.2, 0) is 19.6 Å². The van der Waals surface area contributed by atoms with Crippen molar-refractivity contribution >= 4 is 33.6 Å². The van der Waals surface area contributed by atoms with Gasteiger partial charge in [-0.15, -0.1) is 0 Å². The van der Waals surface area contributed by atoms with Crippen LogP contribution in [0.4, 0.5) is 4.79 Å². The number of carbonyl (C=O) groups is 2. The topological polar surface area (TPSA) is 96.5 Å². The average Bonchev–Trinajstić information content (AvgIpc) is 2.79. The van der Waals surface area contributed by atoms with Gasteiger partial charge in [-0.3, -0.25) is 4.79 Å². The molecule has 1 atom stereocenters. The van der Waals surface area contributed by atoms with Crippen LogP contribution in [0, 0.1) is 5.92 Å². The highest BCUT2D eigenvalue weighted by Crippen LogP contribution is 2.30. The van der Waals surface area contributed by atoms with E-state index in [9.17, 15) is 18.0 Å². The largest absolute Gasteiger partial charge is 0.495 e. The highest BCUT2D eigenvalue weighted by Gasteiger charge is 2.36. The minimum absolute atomic E-state index is 0.0730. The van der Waals surface area contributed by atoms with Crippen molar-refractivity contribution in [3.63, 3.8) is 0 Å². The number of piperazine rings is 1. The molecule has 2 aliphatic rings. The second-order valence-electron chi connectivity index (χ2n) is 7.51. The third-order valence-electron chi connectivity index (χ3n) is 5.61. The van der Waals surface area contributed by atoms with E-state index in [1.54, 1.807) is 16.7 Å². The van der Waals surface area contributed by atoms with Crippen LogP contribution in [0.3, 0.4) is 0 Å². The Morgan fingerprint density at radius 2 is 1.81 bits per heavy atom. The maximum Gasteiger partial charge on any atom is 0.409 e. The van der Waals surface area contributed by atoms with E-state index in [1.165, 1.54) is 29.6 Å². The van der Waals surface area contributed by atoms with E-state index < -0.39 is 15.9 Å². The summed E-state index contributed by atoms with van der Waals surface area (Å²) in [5.74, 6) is -0.0863. The molecule has 0 saturated carbocycles. The predicted molar refractivity (Wildman–Crippen MR) is 115 cm³/mol. The Bertz CT molecular complexity index is 917. The minimum Gasteiger partial charge on any atom is -0.495 e. The Balaban J connectivity index is 1.64. The summed E-state index contributed by atoms with van der Waals surface area (Å²) < 4.78 is 37.7. The Labute approximate surface area is 187 Å². The number of rotatable bonds is 5. The smallest absolute Gasteiger partial charge is 0.409 e. The summed E-state index contributed by atoms with van der Waals surface area (Å²) in [5.41, 5.74) is 0. The summed E-state index contributed by atoms with van der Waals surface area (Å²) >= 11 is 6.10. The molecule has 9 nitrogen and oxygen atoms in total. The zero-order valence-corrected chi connectivity index (χ0v) is 19.3. The van der Waals surface area contributed by atoms with Gasteiger partial charge < -0.3 is 19.3 Å². The molecule has 0 bridgehead atoms. The Hall–Kier alpha value is -2.04. The van der Waals surface area contributed by atoms with Crippen molar-refractivity contribution in [1.29, 1.82) is 0 Å². The first-order valence-corrected chi connectivity index (χ1v) is 12.1. The lowest BCUT2D eigenvalue weighted by Gasteiger charge is -2.38. The number of methoxy groups -OCH3 is 1. The number of nitrogens with zero attached hydrogens (tertiary/aromatic N) is 3. The van der Waals surface area contributed by atoms with E-state index in [2.05, 4.69) is 0 Å². The van der Waals surface area contributed by atoms with Crippen molar-refractivity contribution in [2.24, 2.45) is 5.92 Å². The average molecular weight is 474 g/mol. The van der Waals surface area contributed by atoms with Crippen molar-refractivity contribution in [3.8, 4) is 5.75 Å². The normalized spacial score (nSPS) is 20.4. The van der Waals surface area contributed by atoms with E-state index in [4.69, 9.17) is 21.1 Å². The van der Waals surface area contributed by atoms with E-state index >= 15 is 0 Å². The molecule has 2 aliphatic heterocycles. The van der Waals surface area contributed by atoms with Gasteiger partial charge in [0.25, 0.3) is 0 Å².